The van der Waals surface area contributed by atoms with Gasteiger partial charge in [0.15, 0.2) is 6.61 Å². The highest BCUT2D eigenvalue weighted by molar-refractivity contribution is 6.05. The Kier molecular flexibility index (Phi) is 4.92. The van der Waals surface area contributed by atoms with E-state index in [1.807, 2.05) is 19.9 Å². The average molecular weight is 345 g/mol. The number of amides is 2. The number of fused-ring (bicyclic) bond motifs is 3. The number of nitrogens with one attached hydrogen (secondary N) is 1. The molecule has 2 aliphatic heterocycles. The van der Waals surface area contributed by atoms with Gasteiger partial charge in [0.2, 0.25) is 5.91 Å². The summed E-state index contributed by atoms with van der Waals surface area (Å²) >= 11 is 0. The van der Waals surface area contributed by atoms with Crippen molar-refractivity contribution in [2.24, 2.45) is 0 Å². The van der Waals surface area contributed by atoms with E-state index in [-0.39, 0.29) is 24.5 Å². The average Bonchev–Trinajstić information content (AvgIpc) is 3.11. The molecule has 0 saturated carbocycles. The summed E-state index contributed by atoms with van der Waals surface area (Å²) in [5, 5.41) is 2.86. The normalized spacial score (nSPS) is 18.2. The zero-order chi connectivity index (χ0) is 18.0. The smallest absolute Gasteiger partial charge is 0.338 e. The van der Waals surface area contributed by atoms with E-state index in [2.05, 4.69) is 10.2 Å². The van der Waals surface area contributed by atoms with Crippen molar-refractivity contribution in [2.75, 3.05) is 36.5 Å². The van der Waals surface area contributed by atoms with E-state index in [1.165, 1.54) is 0 Å². The Morgan fingerprint density at radius 3 is 2.80 bits per heavy atom. The van der Waals surface area contributed by atoms with Crippen molar-refractivity contribution >= 4 is 29.2 Å². The van der Waals surface area contributed by atoms with E-state index < -0.39 is 5.97 Å². The van der Waals surface area contributed by atoms with Crippen LogP contribution in [0.4, 0.5) is 11.4 Å². The van der Waals surface area contributed by atoms with Crippen LogP contribution in [-0.2, 0) is 14.3 Å². The lowest BCUT2D eigenvalue weighted by Gasteiger charge is -2.33. The number of benzene rings is 1. The summed E-state index contributed by atoms with van der Waals surface area (Å²) in [6.45, 7) is 5.47. The van der Waals surface area contributed by atoms with E-state index in [1.54, 1.807) is 17.0 Å². The fourth-order valence-electron chi connectivity index (χ4n) is 3.44. The molecule has 25 heavy (non-hydrogen) atoms. The molecule has 7 heteroatoms. The van der Waals surface area contributed by atoms with Gasteiger partial charge < -0.3 is 19.9 Å². The van der Waals surface area contributed by atoms with E-state index in [4.69, 9.17) is 4.74 Å². The third-order valence-corrected chi connectivity index (χ3v) is 4.80. The lowest BCUT2D eigenvalue weighted by atomic mass is 10.1. The summed E-state index contributed by atoms with van der Waals surface area (Å²) in [5.74, 6) is -0.821. The van der Waals surface area contributed by atoms with Gasteiger partial charge in [-0.3, -0.25) is 9.59 Å². The number of likely N-dealkylation sites (N-methyl/N-ethyl adjacent to an activating group) is 1. The van der Waals surface area contributed by atoms with Gasteiger partial charge in [0.05, 0.1) is 16.9 Å². The maximum Gasteiger partial charge on any atom is 0.338 e. The number of esters is 1. The quantitative estimate of drug-likeness (QED) is 0.821. The van der Waals surface area contributed by atoms with Crippen molar-refractivity contribution in [3.8, 4) is 0 Å². The van der Waals surface area contributed by atoms with Crippen LogP contribution in [0.1, 0.15) is 37.0 Å². The van der Waals surface area contributed by atoms with Crippen molar-refractivity contribution in [3.63, 3.8) is 0 Å². The highest BCUT2D eigenvalue weighted by Gasteiger charge is 2.36. The second-order valence-corrected chi connectivity index (χ2v) is 6.21. The number of carbonyl (C=O) groups excluding carboxylic acids is 3. The van der Waals surface area contributed by atoms with Crippen LogP contribution in [-0.4, -0.2) is 55.0 Å². The zero-order valence-corrected chi connectivity index (χ0v) is 14.6. The maximum atomic E-state index is 12.2. The van der Waals surface area contributed by atoms with Crippen LogP contribution in [0.25, 0.3) is 0 Å². The van der Waals surface area contributed by atoms with Gasteiger partial charge in [0.25, 0.3) is 5.91 Å². The van der Waals surface area contributed by atoms with Crippen LogP contribution in [0, 0.1) is 0 Å². The SMILES string of the molecule is CCN(CC)C(=O)COC(=O)c1ccc2c(c1)NC(=O)[C@H]1CCCN21. The number of hydrogen-bond acceptors (Lipinski definition) is 5. The third kappa shape index (κ3) is 3.31. The molecule has 0 radical (unpaired) electrons. The molecule has 7 nitrogen and oxygen atoms in total. The summed E-state index contributed by atoms with van der Waals surface area (Å²) in [6.07, 6.45) is 1.83. The number of carbonyl (C=O) groups is 3. The highest BCUT2D eigenvalue weighted by Crippen LogP contribution is 2.37. The first-order valence-electron chi connectivity index (χ1n) is 8.71. The summed E-state index contributed by atoms with van der Waals surface area (Å²) < 4.78 is 5.12. The van der Waals surface area contributed by atoms with Crippen LogP contribution in [0.15, 0.2) is 18.2 Å². The number of nitrogens with zero attached hydrogens (tertiary/aromatic N) is 2. The Morgan fingerprint density at radius 1 is 1.32 bits per heavy atom. The first kappa shape index (κ1) is 17.3. The number of ether oxygens (including phenoxy) is 1. The largest absolute Gasteiger partial charge is 0.452 e. The Balaban J connectivity index is 1.70. The molecule has 0 unspecified atom stereocenters. The molecule has 2 aliphatic rings. The first-order valence-corrected chi connectivity index (χ1v) is 8.71. The fraction of sp³-hybridized carbons (Fsp3) is 0.500. The highest BCUT2D eigenvalue weighted by atomic mass is 16.5. The first-order chi connectivity index (χ1) is 12.0. The van der Waals surface area contributed by atoms with Gasteiger partial charge in [0.1, 0.15) is 6.04 Å². The predicted octanol–water partition coefficient (Wildman–Crippen LogP) is 1.63. The number of anilines is 2. The lowest BCUT2D eigenvalue weighted by Crippen LogP contribution is -2.43. The Bertz CT molecular complexity index is 700. The molecule has 0 spiro atoms. The molecular weight excluding hydrogens is 322 g/mol. The molecule has 1 aromatic carbocycles. The van der Waals surface area contributed by atoms with Gasteiger partial charge in [-0.15, -0.1) is 0 Å². The Labute approximate surface area is 146 Å². The minimum absolute atomic E-state index is 0.0350. The second-order valence-electron chi connectivity index (χ2n) is 6.21. The maximum absolute atomic E-state index is 12.2. The predicted molar refractivity (Wildman–Crippen MR) is 93.7 cm³/mol. The molecule has 3 rings (SSSR count). The molecule has 1 atom stereocenters. The van der Waals surface area contributed by atoms with Crippen LogP contribution in [0.5, 0.6) is 0 Å². The van der Waals surface area contributed by atoms with Crippen LogP contribution in [0.3, 0.4) is 0 Å². The summed E-state index contributed by atoms with van der Waals surface area (Å²) in [6, 6.07) is 5.01. The van der Waals surface area contributed by atoms with Gasteiger partial charge in [0, 0.05) is 19.6 Å². The molecule has 1 saturated heterocycles. The van der Waals surface area contributed by atoms with Crippen molar-refractivity contribution in [3.05, 3.63) is 23.8 Å². The topological polar surface area (TPSA) is 79.0 Å². The molecule has 0 bridgehead atoms. The van der Waals surface area contributed by atoms with Gasteiger partial charge in [-0.05, 0) is 44.9 Å². The van der Waals surface area contributed by atoms with E-state index in [0.717, 1.165) is 25.1 Å². The van der Waals surface area contributed by atoms with E-state index >= 15 is 0 Å². The third-order valence-electron chi connectivity index (χ3n) is 4.80. The van der Waals surface area contributed by atoms with Gasteiger partial charge in [-0.2, -0.15) is 0 Å². The lowest BCUT2D eigenvalue weighted by molar-refractivity contribution is -0.134. The van der Waals surface area contributed by atoms with Crippen LogP contribution < -0.4 is 10.2 Å². The Hall–Kier alpha value is -2.57. The standard InChI is InChI=1S/C18H23N3O4/c1-3-20(4-2)16(22)11-25-18(24)12-7-8-14-13(10-12)19-17(23)15-6-5-9-21(14)15/h7-8,10,15H,3-6,9,11H2,1-2H3,(H,19,23)/t15-/m1/s1. The van der Waals surface area contributed by atoms with Gasteiger partial charge in [-0.25, -0.2) is 4.79 Å². The molecule has 1 aromatic rings. The zero-order valence-electron chi connectivity index (χ0n) is 14.6. The van der Waals surface area contributed by atoms with Gasteiger partial charge >= 0.3 is 5.97 Å². The van der Waals surface area contributed by atoms with Crippen molar-refractivity contribution in [2.45, 2.75) is 32.7 Å². The van der Waals surface area contributed by atoms with Crippen molar-refractivity contribution < 1.29 is 19.1 Å². The van der Waals surface area contributed by atoms with Crippen LogP contribution in [0.2, 0.25) is 0 Å². The second kappa shape index (κ2) is 7.13. The molecular formula is C18H23N3O4. The summed E-state index contributed by atoms with van der Waals surface area (Å²) in [4.78, 5) is 40.0. The van der Waals surface area contributed by atoms with Gasteiger partial charge in [-0.1, -0.05) is 0 Å². The molecule has 2 heterocycles. The summed E-state index contributed by atoms with van der Waals surface area (Å²) in [5.41, 5.74) is 1.87. The van der Waals surface area contributed by atoms with Crippen molar-refractivity contribution in [1.82, 2.24) is 4.90 Å². The number of rotatable bonds is 5. The Morgan fingerprint density at radius 2 is 2.08 bits per heavy atom. The molecule has 0 aromatic heterocycles. The molecule has 134 valence electrons. The minimum atomic E-state index is -0.568. The molecule has 1 N–H and O–H groups in total. The summed E-state index contributed by atoms with van der Waals surface area (Å²) in [7, 11) is 0. The van der Waals surface area contributed by atoms with E-state index in [0.29, 0.717) is 24.3 Å². The van der Waals surface area contributed by atoms with Crippen LogP contribution >= 0.6 is 0 Å². The monoisotopic (exact) mass is 345 g/mol. The molecule has 2 amide bonds. The van der Waals surface area contributed by atoms with E-state index in [9.17, 15) is 14.4 Å². The fourth-order valence-corrected chi connectivity index (χ4v) is 3.44. The minimum Gasteiger partial charge on any atom is -0.452 e. The number of hydrogen-bond donors (Lipinski definition) is 1. The molecule has 1 fully saturated rings. The van der Waals surface area contributed by atoms with Crippen molar-refractivity contribution in [1.29, 1.82) is 0 Å². The molecule has 0 aliphatic carbocycles.